The van der Waals surface area contributed by atoms with Gasteiger partial charge in [-0.25, -0.2) is 4.79 Å². The summed E-state index contributed by atoms with van der Waals surface area (Å²) in [6.07, 6.45) is -1.06. The Labute approximate surface area is 193 Å². The van der Waals surface area contributed by atoms with E-state index in [1.807, 2.05) is 13.0 Å². The minimum atomic E-state index is -0.771. The van der Waals surface area contributed by atoms with Crippen molar-refractivity contribution in [1.82, 2.24) is 0 Å². The average Bonchev–Trinajstić information content (AvgIpc) is 2.74. The molecule has 0 bridgehead atoms. The largest absolute Gasteiger partial charge is 0.508 e. The zero-order valence-corrected chi connectivity index (χ0v) is 19.2. The molecule has 30 heavy (non-hydrogen) atoms. The highest BCUT2D eigenvalue weighted by molar-refractivity contribution is 14.1. The molecule has 2 aromatic rings. The van der Waals surface area contributed by atoms with Crippen molar-refractivity contribution >= 4 is 53.0 Å². The number of carbonyl (C=O) groups is 2. The van der Waals surface area contributed by atoms with Crippen LogP contribution in [0.25, 0.3) is 0 Å². The Morgan fingerprint density at radius 1 is 1.27 bits per heavy atom. The Bertz CT molecular complexity index is 930. The molecule has 0 aliphatic rings. The minimum Gasteiger partial charge on any atom is -0.508 e. The molecule has 2 N–H and O–H groups in total. The highest BCUT2D eigenvalue weighted by Gasteiger charge is 2.27. The fourth-order valence-electron chi connectivity index (χ4n) is 2.69. The minimum absolute atomic E-state index is 0.00536. The maximum atomic E-state index is 12.5. The number of amides is 1. The van der Waals surface area contributed by atoms with Crippen molar-refractivity contribution in [3.05, 3.63) is 57.2 Å². The number of nitrogens with one attached hydrogen (secondary N) is 1. The molecule has 0 aliphatic heterocycles. The van der Waals surface area contributed by atoms with E-state index in [-0.39, 0.29) is 24.0 Å². The van der Waals surface area contributed by atoms with Gasteiger partial charge >= 0.3 is 12.1 Å². The number of carbonyl (C=O) groups excluding carboxylic acids is 2. The molecule has 0 aliphatic carbocycles. The third-order valence-corrected chi connectivity index (χ3v) is 5.20. The van der Waals surface area contributed by atoms with Gasteiger partial charge < -0.3 is 14.6 Å². The summed E-state index contributed by atoms with van der Waals surface area (Å²) in [5, 5.41) is 21.8. The molecule has 158 valence electrons. The second kappa shape index (κ2) is 11.7. The van der Waals surface area contributed by atoms with Gasteiger partial charge in [0.05, 0.1) is 24.0 Å². The van der Waals surface area contributed by atoms with Crippen LogP contribution in [0.3, 0.4) is 0 Å². The van der Waals surface area contributed by atoms with Crippen molar-refractivity contribution in [3.8, 4) is 11.8 Å². The number of thiol groups is 1. The third kappa shape index (κ3) is 7.11. The van der Waals surface area contributed by atoms with E-state index < -0.39 is 18.2 Å². The van der Waals surface area contributed by atoms with Crippen LogP contribution in [0, 0.1) is 20.8 Å². The molecule has 0 saturated heterocycles. The number of benzene rings is 2. The summed E-state index contributed by atoms with van der Waals surface area (Å²) in [6, 6.07) is 13.4. The lowest BCUT2D eigenvalue weighted by atomic mass is 9.94. The molecule has 2 atom stereocenters. The molecule has 0 fully saturated rings. The fourth-order valence-corrected chi connectivity index (χ4v) is 3.29. The van der Waals surface area contributed by atoms with Gasteiger partial charge in [-0.3, -0.25) is 10.1 Å². The van der Waals surface area contributed by atoms with Crippen LogP contribution in [0.4, 0.5) is 10.5 Å². The van der Waals surface area contributed by atoms with Gasteiger partial charge in [0.2, 0.25) is 0 Å². The molecule has 7 nitrogen and oxygen atoms in total. The molecule has 0 aromatic heterocycles. The van der Waals surface area contributed by atoms with Crippen molar-refractivity contribution in [2.45, 2.75) is 19.4 Å². The number of hydrogen-bond acceptors (Lipinski definition) is 7. The van der Waals surface area contributed by atoms with Gasteiger partial charge in [0.1, 0.15) is 11.9 Å². The van der Waals surface area contributed by atoms with Gasteiger partial charge in [-0.15, -0.1) is 0 Å². The number of hydrogen-bond donors (Lipinski definition) is 3. The first-order valence-corrected chi connectivity index (χ1v) is 10.8. The van der Waals surface area contributed by atoms with Crippen molar-refractivity contribution in [2.24, 2.45) is 5.92 Å². The predicted octanol–water partition coefficient (Wildman–Crippen LogP) is 4.66. The number of nitriles is 1. The van der Waals surface area contributed by atoms with E-state index >= 15 is 0 Å². The molecule has 1 amide bonds. The summed E-state index contributed by atoms with van der Waals surface area (Å²) in [7, 11) is 0. The standard InChI is InChI=1S/C21H21IN2O5S/c1-13(8-9-28-19(26)12-30)20(17-10-15(22)4-7-18(17)25)29-21(27)24-16-5-2-14(11-23)3-6-16/h2-7,10,13,20,25,30H,8-9,12H2,1H3,(H,24,27)/t13-,20-/m1/s1. The highest BCUT2D eigenvalue weighted by atomic mass is 127. The Balaban J connectivity index is 2.15. The first-order valence-electron chi connectivity index (χ1n) is 9.06. The third-order valence-electron chi connectivity index (χ3n) is 4.27. The Kier molecular flexibility index (Phi) is 9.26. The van der Waals surface area contributed by atoms with E-state index in [0.717, 1.165) is 3.57 Å². The zero-order valence-electron chi connectivity index (χ0n) is 16.2. The van der Waals surface area contributed by atoms with E-state index in [1.165, 1.54) is 0 Å². The molecule has 0 radical (unpaired) electrons. The number of phenols is 1. The fraction of sp³-hybridized carbons (Fsp3) is 0.286. The number of ether oxygens (including phenoxy) is 2. The zero-order chi connectivity index (χ0) is 22.1. The Morgan fingerprint density at radius 3 is 2.60 bits per heavy atom. The predicted molar refractivity (Wildman–Crippen MR) is 123 cm³/mol. The van der Waals surface area contributed by atoms with E-state index in [1.54, 1.807) is 42.5 Å². The summed E-state index contributed by atoms with van der Waals surface area (Å²) < 4.78 is 11.6. The van der Waals surface area contributed by atoms with Crippen LogP contribution < -0.4 is 5.32 Å². The molecule has 0 spiro atoms. The van der Waals surface area contributed by atoms with Gasteiger partial charge in [-0.2, -0.15) is 17.9 Å². The van der Waals surface area contributed by atoms with Crippen molar-refractivity contribution < 1.29 is 24.2 Å². The van der Waals surface area contributed by atoms with E-state index in [0.29, 0.717) is 23.2 Å². The Hall–Kier alpha value is -2.45. The van der Waals surface area contributed by atoms with Gasteiger partial charge in [0.25, 0.3) is 0 Å². The summed E-state index contributed by atoms with van der Waals surface area (Å²) in [6.45, 7) is 1.98. The number of anilines is 1. The van der Waals surface area contributed by atoms with Gasteiger partial charge in [0.15, 0.2) is 0 Å². The lowest BCUT2D eigenvalue weighted by Crippen LogP contribution is -2.23. The summed E-state index contributed by atoms with van der Waals surface area (Å²) in [5.41, 5.74) is 1.41. The monoisotopic (exact) mass is 540 g/mol. The van der Waals surface area contributed by atoms with E-state index in [9.17, 15) is 14.7 Å². The molecular formula is C21H21IN2O5S. The number of esters is 1. The van der Waals surface area contributed by atoms with E-state index in [4.69, 9.17) is 14.7 Å². The van der Waals surface area contributed by atoms with E-state index in [2.05, 4.69) is 40.5 Å². The number of rotatable bonds is 8. The molecule has 9 heteroatoms. The van der Waals surface area contributed by atoms with Crippen LogP contribution in [0.5, 0.6) is 5.75 Å². The van der Waals surface area contributed by atoms with Crippen LogP contribution in [-0.4, -0.2) is 29.5 Å². The molecule has 2 aromatic carbocycles. The number of halogens is 1. The van der Waals surface area contributed by atoms with Gasteiger partial charge in [-0.1, -0.05) is 6.92 Å². The molecule has 0 heterocycles. The van der Waals surface area contributed by atoms with Crippen LogP contribution in [0.2, 0.25) is 0 Å². The first-order chi connectivity index (χ1) is 14.3. The highest BCUT2D eigenvalue weighted by Crippen LogP contribution is 2.35. The maximum absolute atomic E-state index is 12.5. The SMILES string of the molecule is C[C@H](CCOC(=O)CS)[C@@H](OC(=O)Nc1ccc(C#N)cc1)c1cc(I)ccc1O. The lowest BCUT2D eigenvalue weighted by molar-refractivity contribution is -0.141. The van der Waals surface area contributed by atoms with Crippen LogP contribution in [-0.2, 0) is 14.3 Å². The van der Waals surface area contributed by atoms with Crippen LogP contribution >= 0.6 is 35.2 Å². The van der Waals surface area contributed by atoms with Crippen molar-refractivity contribution in [2.75, 3.05) is 17.7 Å². The number of phenolic OH excluding ortho intramolecular Hbond substituents is 1. The molecular weight excluding hydrogens is 519 g/mol. The van der Waals surface area contributed by atoms with Crippen LogP contribution in [0.15, 0.2) is 42.5 Å². The van der Waals surface area contributed by atoms with Crippen molar-refractivity contribution in [3.63, 3.8) is 0 Å². The lowest BCUT2D eigenvalue weighted by Gasteiger charge is -2.25. The molecule has 0 saturated carbocycles. The number of nitrogens with zero attached hydrogens (tertiary/aromatic N) is 1. The smallest absolute Gasteiger partial charge is 0.412 e. The molecule has 2 rings (SSSR count). The van der Waals surface area contributed by atoms with Crippen molar-refractivity contribution in [1.29, 1.82) is 5.26 Å². The maximum Gasteiger partial charge on any atom is 0.412 e. The summed E-state index contributed by atoms with van der Waals surface area (Å²) in [5.74, 6) is -0.697. The Morgan fingerprint density at radius 2 is 1.97 bits per heavy atom. The second-order valence-corrected chi connectivity index (χ2v) is 8.05. The molecule has 0 unspecified atom stereocenters. The first kappa shape index (κ1) is 23.8. The van der Waals surface area contributed by atoms with Crippen LogP contribution in [0.1, 0.15) is 30.6 Å². The topological polar surface area (TPSA) is 109 Å². The van der Waals surface area contributed by atoms with Gasteiger partial charge in [-0.05, 0) is 71.5 Å². The number of aromatic hydroxyl groups is 1. The quantitative estimate of drug-likeness (QED) is 0.256. The van der Waals surface area contributed by atoms with Gasteiger partial charge in [0, 0.05) is 20.7 Å². The second-order valence-electron chi connectivity index (χ2n) is 6.49. The summed E-state index contributed by atoms with van der Waals surface area (Å²) in [4.78, 5) is 23.8. The average molecular weight is 540 g/mol. The normalized spacial score (nSPS) is 12.3. The summed E-state index contributed by atoms with van der Waals surface area (Å²) >= 11 is 5.97.